The number of hydrogen-bond donors (Lipinski definition) is 3. The maximum absolute atomic E-state index is 12.0. The average Bonchev–Trinajstić information content (AvgIpc) is 2.50. The van der Waals surface area contributed by atoms with Gasteiger partial charge in [-0.15, -0.1) is 0 Å². The number of aromatic amines is 1. The van der Waals surface area contributed by atoms with Gasteiger partial charge in [0.05, 0.1) is 18.8 Å². The molecule has 0 aliphatic heterocycles. The Morgan fingerprint density at radius 3 is 2.62 bits per heavy atom. The molecule has 0 aliphatic rings. The van der Waals surface area contributed by atoms with Crippen LogP contribution in [-0.2, 0) is 6.18 Å². The maximum atomic E-state index is 12.0. The van der Waals surface area contributed by atoms with Gasteiger partial charge in [-0.2, -0.15) is 13.2 Å². The summed E-state index contributed by atoms with van der Waals surface area (Å²) in [4.78, 5) is 5.38. The van der Waals surface area contributed by atoms with E-state index >= 15 is 0 Å². The third-order valence-corrected chi connectivity index (χ3v) is 1.45. The minimum absolute atomic E-state index is 0.0742. The van der Waals surface area contributed by atoms with Crippen LogP contribution >= 0.6 is 0 Å². The predicted molar refractivity (Wildman–Crippen MR) is 37.6 cm³/mol. The van der Waals surface area contributed by atoms with Crippen LogP contribution in [0.3, 0.4) is 0 Å². The lowest BCUT2D eigenvalue weighted by Crippen LogP contribution is -2.16. The number of nitrogens with one attached hydrogen (secondary N) is 1. The molecule has 0 fully saturated rings. The number of nitrogens with two attached hydrogens (primary N) is 1. The van der Waals surface area contributed by atoms with Crippen molar-refractivity contribution in [2.24, 2.45) is 5.73 Å². The normalized spacial score (nSPS) is 14.5. The maximum Gasteiger partial charge on any atom is 0.432 e. The van der Waals surface area contributed by atoms with Crippen LogP contribution in [0.1, 0.15) is 17.6 Å². The molecule has 0 aliphatic carbocycles. The fourth-order valence-corrected chi connectivity index (χ4v) is 0.756. The van der Waals surface area contributed by atoms with Crippen molar-refractivity contribution in [3.63, 3.8) is 0 Å². The second-order valence-corrected chi connectivity index (χ2v) is 2.47. The summed E-state index contributed by atoms with van der Waals surface area (Å²) in [5.41, 5.74) is 4.27. The van der Waals surface area contributed by atoms with E-state index in [9.17, 15) is 13.2 Å². The van der Waals surface area contributed by atoms with Gasteiger partial charge in [0.1, 0.15) is 11.5 Å². The van der Waals surface area contributed by atoms with Crippen LogP contribution in [0.15, 0.2) is 6.20 Å². The summed E-state index contributed by atoms with van der Waals surface area (Å²) in [6.45, 7) is -0.454. The molecule has 1 atom stereocenters. The van der Waals surface area contributed by atoms with Crippen molar-refractivity contribution in [1.82, 2.24) is 9.97 Å². The number of rotatable bonds is 2. The predicted octanol–water partition coefficient (Wildman–Crippen LogP) is 0.421. The molecular formula is C6H8F3N3O. The zero-order chi connectivity index (χ0) is 10.1. The molecule has 1 unspecified atom stereocenters. The number of aromatic nitrogens is 2. The Morgan fingerprint density at radius 2 is 2.23 bits per heavy atom. The lowest BCUT2D eigenvalue weighted by atomic mass is 10.3. The monoisotopic (exact) mass is 195 g/mol. The van der Waals surface area contributed by atoms with Gasteiger partial charge in [0.2, 0.25) is 0 Å². The molecule has 0 bridgehead atoms. The highest BCUT2D eigenvalue weighted by molar-refractivity contribution is 5.07. The summed E-state index contributed by atoms with van der Waals surface area (Å²) >= 11 is 0. The van der Waals surface area contributed by atoms with Crippen molar-refractivity contribution in [2.45, 2.75) is 12.2 Å². The van der Waals surface area contributed by atoms with E-state index in [0.29, 0.717) is 6.20 Å². The summed E-state index contributed by atoms with van der Waals surface area (Å²) in [5, 5.41) is 8.53. The van der Waals surface area contributed by atoms with E-state index in [4.69, 9.17) is 10.8 Å². The molecule has 13 heavy (non-hydrogen) atoms. The topological polar surface area (TPSA) is 74.9 Å². The Bertz CT molecular complexity index is 283. The Balaban J connectivity index is 2.87. The largest absolute Gasteiger partial charge is 0.432 e. The molecule has 1 rings (SSSR count). The highest BCUT2D eigenvalue weighted by Crippen LogP contribution is 2.27. The molecule has 0 aromatic carbocycles. The van der Waals surface area contributed by atoms with E-state index in [0.717, 1.165) is 0 Å². The summed E-state index contributed by atoms with van der Waals surface area (Å²) in [7, 11) is 0. The molecule has 4 nitrogen and oxygen atoms in total. The Morgan fingerprint density at radius 1 is 1.62 bits per heavy atom. The Kier molecular flexibility index (Phi) is 2.58. The summed E-state index contributed by atoms with van der Waals surface area (Å²) in [6, 6.07) is -0.906. The molecule has 1 aromatic rings. The smallest absolute Gasteiger partial charge is 0.394 e. The van der Waals surface area contributed by atoms with E-state index in [-0.39, 0.29) is 5.82 Å². The summed E-state index contributed by atoms with van der Waals surface area (Å²) in [6.07, 6.45) is -3.81. The first kappa shape index (κ1) is 10.0. The number of hydrogen-bond acceptors (Lipinski definition) is 3. The molecule has 74 valence electrons. The molecule has 0 radical (unpaired) electrons. The van der Waals surface area contributed by atoms with Crippen molar-refractivity contribution in [3.8, 4) is 0 Å². The SMILES string of the molecule is NC(CO)c1ncc(C(F)(F)F)[nH]1. The van der Waals surface area contributed by atoms with Gasteiger partial charge < -0.3 is 15.8 Å². The van der Waals surface area contributed by atoms with Crippen LogP contribution in [0.4, 0.5) is 13.2 Å². The molecule has 0 amide bonds. The first-order chi connectivity index (χ1) is 5.95. The minimum atomic E-state index is -4.46. The number of aliphatic hydroxyl groups is 1. The second kappa shape index (κ2) is 3.35. The fourth-order valence-electron chi connectivity index (χ4n) is 0.756. The van der Waals surface area contributed by atoms with Crippen molar-refractivity contribution in [1.29, 1.82) is 0 Å². The van der Waals surface area contributed by atoms with Crippen molar-refractivity contribution >= 4 is 0 Å². The Hall–Kier alpha value is -1.08. The highest BCUT2D eigenvalue weighted by Gasteiger charge is 2.33. The molecule has 0 saturated carbocycles. The highest BCUT2D eigenvalue weighted by atomic mass is 19.4. The van der Waals surface area contributed by atoms with Gasteiger partial charge in [0, 0.05) is 0 Å². The van der Waals surface area contributed by atoms with E-state index < -0.39 is 24.5 Å². The molecule has 0 spiro atoms. The lowest BCUT2D eigenvalue weighted by molar-refractivity contribution is -0.141. The van der Waals surface area contributed by atoms with Gasteiger partial charge in [-0.3, -0.25) is 0 Å². The van der Waals surface area contributed by atoms with Gasteiger partial charge in [-0.1, -0.05) is 0 Å². The standard InChI is InChI=1S/C6H8F3N3O/c7-6(8,9)4-1-11-5(12-4)3(10)2-13/h1,3,13H,2,10H2,(H,11,12). The number of alkyl halides is 3. The van der Waals surface area contributed by atoms with Gasteiger partial charge in [-0.05, 0) is 0 Å². The summed E-state index contributed by atoms with van der Waals surface area (Å²) < 4.78 is 36.0. The molecule has 0 saturated heterocycles. The van der Waals surface area contributed by atoms with E-state index in [1.54, 1.807) is 0 Å². The van der Waals surface area contributed by atoms with Crippen molar-refractivity contribution < 1.29 is 18.3 Å². The molecular weight excluding hydrogens is 187 g/mol. The fraction of sp³-hybridized carbons (Fsp3) is 0.500. The van der Waals surface area contributed by atoms with Crippen LogP contribution in [0.5, 0.6) is 0 Å². The van der Waals surface area contributed by atoms with Crippen LogP contribution in [-0.4, -0.2) is 21.7 Å². The third-order valence-electron chi connectivity index (χ3n) is 1.45. The van der Waals surface area contributed by atoms with E-state index in [2.05, 4.69) is 4.98 Å². The van der Waals surface area contributed by atoms with Crippen LogP contribution in [0.25, 0.3) is 0 Å². The van der Waals surface area contributed by atoms with Gasteiger partial charge >= 0.3 is 6.18 Å². The third kappa shape index (κ3) is 2.19. The van der Waals surface area contributed by atoms with E-state index in [1.165, 1.54) is 0 Å². The number of nitrogens with zero attached hydrogens (tertiary/aromatic N) is 1. The van der Waals surface area contributed by atoms with Crippen LogP contribution in [0, 0.1) is 0 Å². The van der Waals surface area contributed by atoms with Crippen LogP contribution < -0.4 is 5.73 Å². The lowest BCUT2D eigenvalue weighted by Gasteiger charge is -2.04. The molecule has 7 heteroatoms. The quantitative estimate of drug-likeness (QED) is 0.640. The van der Waals surface area contributed by atoms with E-state index in [1.807, 2.05) is 4.98 Å². The molecule has 4 N–H and O–H groups in total. The summed E-state index contributed by atoms with van der Waals surface area (Å²) in [5.74, 6) is -0.0742. The van der Waals surface area contributed by atoms with Crippen molar-refractivity contribution in [3.05, 3.63) is 17.7 Å². The number of imidazole rings is 1. The number of H-pyrrole nitrogens is 1. The second-order valence-electron chi connectivity index (χ2n) is 2.47. The van der Waals surface area contributed by atoms with Crippen LogP contribution in [0.2, 0.25) is 0 Å². The molecule has 1 heterocycles. The van der Waals surface area contributed by atoms with Gasteiger partial charge in [0.25, 0.3) is 0 Å². The zero-order valence-corrected chi connectivity index (χ0v) is 6.47. The Labute approximate surface area is 71.6 Å². The molecule has 1 aromatic heterocycles. The van der Waals surface area contributed by atoms with Gasteiger partial charge in [0.15, 0.2) is 0 Å². The first-order valence-corrected chi connectivity index (χ1v) is 3.43. The van der Waals surface area contributed by atoms with Gasteiger partial charge in [-0.25, -0.2) is 4.98 Å². The first-order valence-electron chi connectivity index (χ1n) is 3.43. The van der Waals surface area contributed by atoms with Crippen molar-refractivity contribution in [2.75, 3.05) is 6.61 Å². The minimum Gasteiger partial charge on any atom is -0.394 e. The number of aliphatic hydroxyl groups excluding tert-OH is 1. The number of halogens is 3. The average molecular weight is 195 g/mol. The zero-order valence-electron chi connectivity index (χ0n) is 6.47.